The Morgan fingerprint density at radius 1 is 1.22 bits per heavy atom. The normalized spacial score (nSPS) is 16.5. The van der Waals surface area contributed by atoms with Crippen LogP contribution in [0.2, 0.25) is 0 Å². The number of aromatic nitrogens is 2. The first-order valence-corrected chi connectivity index (χ1v) is 8.72. The zero-order valence-corrected chi connectivity index (χ0v) is 14.8. The van der Waals surface area contributed by atoms with Crippen molar-refractivity contribution in [1.29, 1.82) is 0 Å². The Kier molecular flexibility index (Phi) is 4.58. The number of amides is 1. The Morgan fingerprint density at radius 2 is 2.00 bits per heavy atom. The highest BCUT2D eigenvalue weighted by Crippen LogP contribution is 2.30. The maximum atomic E-state index is 13.9. The molecule has 0 bridgehead atoms. The molecule has 0 N–H and O–H groups in total. The number of nitrogens with zero attached hydrogens (tertiary/aromatic N) is 3. The summed E-state index contributed by atoms with van der Waals surface area (Å²) in [4.78, 5) is 18.4. The van der Waals surface area contributed by atoms with Crippen LogP contribution < -0.4 is 4.74 Å². The van der Waals surface area contributed by atoms with E-state index in [1.807, 2.05) is 24.3 Å². The Bertz CT molecular complexity index is 972. The first-order chi connectivity index (χ1) is 13.1. The molecule has 3 aromatic rings. The van der Waals surface area contributed by atoms with Crippen LogP contribution >= 0.6 is 0 Å². The van der Waals surface area contributed by atoms with Crippen LogP contribution in [0.5, 0.6) is 5.75 Å². The molecule has 1 amide bonds. The van der Waals surface area contributed by atoms with E-state index in [1.165, 1.54) is 12.1 Å². The molecular formula is C20H18FN3O3. The van der Waals surface area contributed by atoms with Crippen molar-refractivity contribution in [1.82, 2.24) is 15.0 Å². The second-order valence-corrected chi connectivity index (χ2v) is 6.40. The monoisotopic (exact) mass is 367 g/mol. The highest BCUT2D eigenvalue weighted by molar-refractivity contribution is 5.94. The third-order valence-electron chi connectivity index (χ3n) is 4.48. The zero-order valence-electron chi connectivity index (χ0n) is 14.8. The number of hydrogen-bond donors (Lipinski definition) is 0. The summed E-state index contributed by atoms with van der Waals surface area (Å²) in [5.41, 5.74) is 0.789. The zero-order chi connectivity index (χ0) is 18.8. The third kappa shape index (κ3) is 3.53. The molecule has 1 atom stereocenters. The van der Waals surface area contributed by atoms with Gasteiger partial charge in [0.05, 0.1) is 17.7 Å². The molecule has 27 heavy (non-hydrogen) atoms. The van der Waals surface area contributed by atoms with Crippen LogP contribution in [0.3, 0.4) is 0 Å². The maximum absolute atomic E-state index is 13.9. The van der Waals surface area contributed by atoms with Gasteiger partial charge in [-0.05, 0) is 31.2 Å². The molecule has 1 aliphatic rings. The molecule has 7 heteroatoms. The van der Waals surface area contributed by atoms with Gasteiger partial charge in [0.15, 0.2) is 5.82 Å². The van der Waals surface area contributed by atoms with E-state index in [-0.39, 0.29) is 17.6 Å². The van der Waals surface area contributed by atoms with Gasteiger partial charge in [0.1, 0.15) is 17.7 Å². The largest absolute Gasteiger partial charge is 0.488 e. The molecule has 1 unspecified atom stereocenters. The van der Waals surface area contributed by atoms with Gasteiger partial charge in [-0.15, -0.1) is 0 Å². The minimum Gasteiger partial charge on any atom is -0.488 e. The number of carbonyl (C=O) groups is 1. The molecule has 0 spiro atoms. The smallest absolute Gasteiger partial charge is 0.261 e. The fourth-order valence-electron chi connectivity index (χ4n) is 3.15. The van der Waals surface area contributed by atoms with Gasteiger partial charge in [-0.25, -0.2) is 4.39 Å². The maximum Gasteiger partial charge on any atom is 0.261 e. The van der Waals surface area contributed by atoms with Crippen LogP contribution in [0.4, 0.5) is 4.39 Å². The number of benzene rings is 2. The first-order valence-electron chi connectivity index (χ1n) is 8.72. The van der Waals surface area contributed by atoms with E-state index in [0.29, 0.717) is 42.5 Å². The lowest BCUT2D eigenvalue weighted by Crippen LogP contribution is -2.31. The molecule has 1 aromatic heterocycles. The molecule has 1 aliphatic heterocycles. The van der Waals surface area contributed by atoms with Gasteiger partial charge in [0, 0.05) is 13.0 Å². The lowest BCUT2D eigenvalue weighted by Gasteiger charge is -2.18. The van der Waals surface area contributed by atoms with E-state index >= 15 is 0 Å². The summed E-state index contributed by atoms with van der Waals surface area (Å²) in [5.74, 6) is 0.720. The number of halogens is 1. The van der Waals surface area contributed by atoms with Gasteiger partial charge in [0.2, 0.25) is 0 Å². The van der Waals surface area contributed by atoms with Crippen molar-refractivity contribution < 1.29 is 18.4 Å². The van der Waals surface area contributed by atoms with Crippen LogP contribution in [0.1, 0.15) is 22.6 Å². The van der Waals surface area contributed by atoms with E-state index in [2.05, 4.69) is 10.1 Å². The first kappa shape index (κ1) is 17.2. The topological polar surface area (TPSA) is 68.5 Å². The molecule has 1 fully saturated rings. The molecule has 1 saturated heterocycles. The van der Waals surface area contributed by atoms with Crippen LogP contribution in [-0.4, -0.2) is 40.1 Å². The van der Waals surface area contributed by atoms with Crippen LogP contribution in [0, 0.1) is 12.7 Å². The fraction of sp³-hybridized carbons (Fsp3) is 0.250. The van der Waals surface area contributed by atoms with Gasteiger partial charge in [-0.3, -0.25) is 4.79 Å². The summed E-state index contributed by atoms with van der Waals surface area (Å²) in [5, 5.41) is 3.81. The van der Waals surface area contributed by atoms with Crippen molar-refractivity contribution in [2.24, 2.45) is 0 Å². The second kappa shape index (κ2) is 7.19. The average molecular weight is 367 g/mol. The molecule has 4 rings (SSSR count). The lowest BCUT2D eigenvalue weighted by atomic mass is 10.2. The number of para-hydroxylation sites is 1. The van der Waals surface area contributed by atoms with Crippen molar-refractivity contribution in [3.05, 3.63) is 65.7 Å². The fourth-order valence-corrected chi connectivity index (χ4v) is 3.15. The number of aryl methyl sites for hydroxylation is 1. The molecule has 0 radical (unpaired) electrons. The summed E-state index contributed by atoms with van der Waals surface area (Å²) in [7, 11) is 0. The van der Waals surface area contributed by atoms with Gasteiger partial charge in [0.25, 0.3) is 11.8 Å². The number of carbonyl (C=O) groups excluding carboxylic acids is 1. The Balaban J connectivity index is 1.48. The molecule has 6 nitrogen and oxygen atoms in total. The van der Waals surface area contributed by atoms with Crippen molar-refractivity contribution in [3.8, 4) is 17.2 Å². The van der Waals surface area contributed by atoms with Gasteiger partial charge >= 0.3 is 0 Å². The predicted molar refractivity (Wildman–Crippen MR) is 95.8 cm³/mol. The van der Waals surface area contributed by atoms with Gasteiger partial charge < -0.3 is 14.2 Å². The molecule has 0 aliphatic carbocycles. The minimum absolute atomic E-state index is 0.0832. The Labute approximate surface area is 155 Å². The SMILES string of the molecule is Cc1noc(-c2ccccc2OC2CCN(C(=O)c3ccccc3F)C2)n1. The number of ether oxygens (including phenoxy) is 1. The van der Waals surface area contributed by atoms with E-state index in [9.17, 15) is 9.18 Å². The standard InChI is InChI=1S/C20H18FN3O3/c1-13-22-19(27-23-13)16-7-3-5-9-18(16)26-14-10-11-24(12-14)20(25)15-6-2-4-8-17(15)21/h2-9,14H,10-12H2,1H3. The number of hydrogen-bond acceptors (Lipinski definition) is 5. The molecule has 138 valence electrons. The molecule has 0 saturated carbocycles. The summed E-state index contributed by atoms with van der Waals surface area (Å²) in [6.45, 7) is 2.66. The van der Waals surface area contributed by atoms with E-state index in [1.54, 1.807) is 24.0 Å². The second-order valence-electron chi connectivity index (χ2n) is 6.40. The summed E-state index contributed by atoms with van der Waals surface area (Å²) in [6, 6.07) is 13.4. The molecule has 2 aromatic carbocycles. The summed E-state index contributed by atoms with van der Waals surface area (Å²) < 4.78 is 25.2. The van der Waals surface area contributed by atoms with Crippen molar-refractivity contribution in [2.75, 3.05) is 13.1 Å². The number of rotatable bonds is 4. The van der Waals surface area contributed by atoms with Crippen molar-refractivity contribution in [2.45, 2.75) is 19.4 Å². The predicted octanol–water partition coefficient (Wildman–Crippen LogP) is 3.48. The van der Waals surface area contributed by atoms with E-state index < -0.39 is 5.82 Å². The van der Waals surface area contributed by atoms with Gasteiger partial charge in [-0.2, -0.15) is 4.98 Å². The van der Waals surface area contributed by atoms with Crippen LogP contribution in [-0.2, 0) is 0 Å². The highest BCUT2D eigenvalue weighted by Gasteiger charge is 2.30. The van der Waals surface area contributed by atoms with Crippen LogP contribution in [0.25, 0.3) is 11.5 Å². The lowest BCUT2D eigenvalue weighted by molar-refractivity contribution is 0.0768. The van der Waals surface area contributed by atoms with E-state index in [4.69, 9.17) is 9.26 Å². The van der Waals surface area contributed by atoms with Crippen LogP contribution in [0.15, 0.2) is 53.1 Å². The minimum atomic E-state index is -0.510. The average Bonchev–Trinajstić information content (AvgIpc) is 3.31. The highest BCUT2D eigenvalue weighted by atomic mass is 19.1. The van der Waals surface area contributed by atoms with Crippen molar-refractivity contribution >= 4 is 5.91 Å². The van der Waals surface area contributed by atoms with E-state index in [0.717, 1.165) is 0 Å². The summed E-state index contributed by atoms with van der Waals surface area (Å²) in [6.07, 6.45) is 0.475. The quantitative estimate of drug-likeness (QED) is 0.706. The number of likely N-dealkylation sites (tertiary alicyclic amines) is 1. The molecule has 2 heterocycles. The molecular weight excluding hydrogens is 349 g/mol. The summed E-state index contributed by atoms with van der Waals surface area (Å²) >= 11 is 0. The Morgan fingerprint density at radius 3 is 2.78 bits per heavy atom. The van der Waals surface area contributed by atoms with Gasteiger partial charge in [-0.1, -0.05) is 29.4 Å². The third-order valence-corrected chi connectivity index (χ3v) is 4.48. The Hall–Kier alpha value is -3.22. The van der Waals surface area contributed by atoms with Crippen molar-refractivity contribution in [3.63, 3.8) is 0 Å².